The van der Waals surface area contributed by atoms with Crippen LogP contribution >= 0.6 is 0 Å². The first-order valence-electron chi connectivity index (χ1n) is 10.3. The highest BCUT2D eigenvalue weighted by Crippen LogP contribution is 2.40. The molecule has 1 aromatic rings. The lowest BCUT2D eigenvalue weighted by molar-refractivity contribution is -0.139. The standard InChI is InChI=1S/C19H30N4O4S/c1-21-14-17(20-15-21)28(25,26)23-9-5-19(6-10-23)13-16(4-11-27-19)12-18(24)22-7-2-3-8-22/h14-16H,2-13H2,1H3. The number of hydrogen-bond acceptors (Lipinski definition) is 5. The van der Waals surface area contributed by atoms with Crippen molar-refractivity contribution in [1.29, 1.82) is 0 Å². The number of aryl methyl sites for hydroxylation is 1. The van der Waals surface area contributed by atoms with Gasteiger partial charge in [-0.2, -0.15) is 4.31 Å². The van der Waals surface area contributed by atoms with Gasteiger partial charge in [-0.15, -0.1) is 0 Å². The zero-order valence-electron chi connectivity index (χ0n) is 16.5. The van der Waals surface area contributed by atoms with Crippen molar-refractivity contribution >= 4 is 15.9 Å². The minimum atomic E-state index is -3.56. The van der Waals surface area contributed by atoms with Gasteiger partial charge in [0.2, 0.25) is 5.91 Å². The fraction of sp³-hybridized carbons (Fsp3) is 0.789. The quantitative estimate of drug-likeness (QED) is 0.749. The molecule has 4 rings (SSSR count). The number of carbonyl (C=O) groups excluding carboxylic acids is 1. The van der Waals surface area contributed by atoms with Crippen molar-refractivity contribution in [3.05, 3.63) is 12.5 Å². The van der Waals surface area contributed by atoms with Crippen molar-refractivity contribution in [2.24, 2.45) is 13.0 Å². The molecule has 1 amide bonds. The van der Waals surface area contributed by atoms with E-state index in [2.05, 4.69) is 4.98 Å². The molecule has 0 N–H and O–H groups in total. The summed E-state index contributed by atoms with van der Waals surface area (Å²) in [5.41, 5.74) is -0.287. The molecule has 3 aliphatic rings. The predicted octanol–water partition coefficient (Wildman–Crippen LogP) is 1.38. The predicted molar refractivity (Wildman–Crippen MR) is 103 cm³/mol. The minimum absolute atomic E-state index is 0.101. The second kappa shape index (κ2) is 7.76. The third-order valence-electron chi connectivity index (χ3n) is 6.44. The second-order valence-corrected chi connectivity index (χ2v) is 10.3. The van der Waals surface area contributed by atoms with Gasteiger partial charge in [-0.05, 0) is 44.4 Å². The maximum Gasteiger partial charge on any atom is 0.262 e. The number of carbonyl (C=O) groups is 1. The van der Waals surface area contributed by atoms with Crippen LogP contribution in [0.15, 0.2) is 17.6 Å². The van der Waals surface area contributed by atoms with Gasteiger partial charge in [0.25, 0.3) is 10.0 Å². The summed E-state index contributed by atoms with van der Waals surface area (Å²) in [5, 5.41) is 0.101. The van der Waals surface area contributed by atoms with Gasteiger partial charge in [-0.3, -0.25) is 4.79 Å². The molecule has 3 aliphatic heterocycles. The van der Waals surface area contributed by atoms with E-state index in [4.69, 9.17) is 4.74 Å². The van der Waals surface area contributed by atoms with Gasteiger partial charge < -0.3 is 14.2 Å². The van der Waals surface area contributed by atoms with E-state index in [1.807, 2.05) is 4.90 Å². The highest BCUT2D eigenvalue weighted by molar-refractivity contribution is 7.89. The van der Waals surface area contributed by atoms with E-state index in [1.165, 1.54) is 16.8 Å². The van der Waals surface area contributed by atoms with Crippen LogP contribution in [-0.2, 0) is 26.6 Å². The molecule has 0 aromatic carbocycles. The van der Waals surface area contributed by atoms with Crippen LogP contribution in [0.4, 0.5) is 0 Å². The first kappa shape index (κ1) is 19.8. The Morgan fingerprint density at radius 1 is 1.25 bits per heavy atom. The fourth-order valence-electron chi connectivity index (χ4n) is 4.78. The van der Waals surface area contributed by atoms with E-state index in [0.717, 1.165) is 38.8 Å². The van der Waals surface area contributed by atoms with E-state index in [-0.39, 0.29) is 16.5 Å². The molecule has 8 nitrogen and oxygen atoms in total. The Labute approximate surface area is 166 Å². The van der Waals surface area contributed by atoms with Crippen LogP contribution in [-0.4, -0.2) is 71.5 Å². The molecule has 1 atom stereocenters. The average Bonchev–Trinajstić information content (AvgIpc) is 3.34. The van der Waals surface area contributed by atoms with Crippen LogP contribution in [0, 0.1) is 5.92 Å². The average molecular weight is 411 g/mol. The van der Waals surface area contributed by atoms with Gasteiger partial charge in [0.1, 0.15) is 0 Å². The summed E-state index contributed by atoms with van der Waals surface area (Å²) in [6.07, 6.45) is 8.98. The number of imidazole rings is 1. The van der Waals surface area contributed by atoms with Gasteiger partial charge in [-0.25, -0.2) is 13.4 Å². The van der Waals surface area contributed by atoms with Gasteiger partial charge in [0, 0.05) is 52.5 Å². The van der Waals surface area contributed by atoms with Gasteiger partial charge in [-0.1, -0.05) is 0 Å². The molecule has 156 valence electrons. The molecule has 0 radical (unpaired) electrons. The number of piperidine rings is 1. The zero-order chi connectivity index (χ0) is 19.8. The van der Waals surface area contributed by atoms with E-state index in [9.17, 15) is 13.2 Å². The number of rotatable bonds is 4. The smallest absolute Gasteiger partial charge is 0.262 e. The summed E-state index contributed by atoms with van der Waals surface area (Å²) in [7, 11) is -1.79. The summed E-state index contributed by atoms with van der Waals surface area (Å²) in [5.74, 6) is 0.607. The monoisotopic (exact) mass is 410 g/mol. The van der Waals surface area contributed by atoms with Crippen molar-refractivity contribution in [3.63, 3.8) is 0 Å². The Morgan fingerprint density at radius 2 is 1.96 bits per heavy atom. The van der Waals surface area contributed by atoms with Gasteiger partial charge in [0.15, 0.2) is 5.03 Å². The van der Waals surface area contributed by atoms with Crippen LogP contribution in [0.3, 0.4) is 0 Å². The van der Waals surface area contributed by atoms with Crippen molar-refractivity contribution in [3.8, 4) is 0 Å². The number of sulfonamides is 1. The largest absolute Gasteiger partial charge is 0.375 e. The third-order valence-corrected chi connectivity index (χ3v) is 8.22. The SMILES string of the molecule is Cn1cnc(S(=O)(=O)N2CCC3(CC2)CC(CC(=O)N2CCCC2)CCO3)c1. The van der Waals surface area contributed by atoms with E-state index >= 15 is 0 Å². The number of ether oxygens (including phenoxy) is 1. The normalized spacial score (nSPS) is 26.0. The molecule has 9 heteroatoms. The molecule has 0 bridgehead atoms. The van der Waals surface area contributed by atoms with Crippen LogP contribution in [0.2, 0.25) is 0 Å². The summed E-state index contributed by atoms with van der Waals surface area (Å²) in [4.78, 5) is 18.5. The zero-order valence-corrected chi connectivity index (χ0v) is 17.4. The topological polar surface area (TPSA) is 84.7 Å². The van der Waals surface area contributed by atoms with Crippen molar-refractivity contribution in [1.82, 2.24) is 18.8 Å². The van der Waals surface area contributed by atoms with E-state index < -0.39 is 10.0 Å². The molecule has 1 aromatic heterocycles. The number of aromatic nitrogens is 2. The Balaban J connectivity index is 1.36. The molecule has 28 heavy (non-hydrogen) atoms. The molecule has 0 aliphatic carbocycles. The summed E-state index contributed by atoms with van der Waals surface area (Å²) >= 11 is 0. The molecule has 3 saturated heterocycles. The van der Waals surface area contributed by atoms with Crippen molar-refractivity contribution < 1.29 is 17.9 Å². The summed E-state index contributed by atoms with van der Waals surface area (Å²) < 4.78 is 34.9. The first-order chi connectivity index (χ1) is 13.4. The van der Waals surface area contributed by atoms with Crippen LogP contribution < -0.4 is 0 Å². The molecule has 4 heterocycles. The lowest BCUT2D eigenvalue weighted by Gasteiger charge is -2.45. The van der Waals surface area contributed by atoms with Gasteiger partial charge >= 0.3 is 0 Å². The Morgan fingerprint density at radius 3 is 2.61 bits per heavy atom. The number of amides is 1. The maximum atomic E-state index is 12.8. The van der Waals surface area contributed by atoms with Crippen LogP contribution in [0.1, 0.15) is 44.9 Å². The first-order valence-corrected chi connectivity index (χ1v) is 11.7. The Hall–Kier alpha value is -1.45. The molecule has 1 spiro atoms. The van der Waals surface area contributed by atoms with Crippen molar-refractivity contribution in [2.75, 3.05) is 32.8 Å². The highest BCUT2D eigenvalue weighted by Gasteiger charge is 2.43. The molecule has 1 unspecified atom stereocenters. The summed E-state index contributed by atoms with van der Waals surface area (Å²) in [6, 6.07) is 0. The molecular weight excluding hydrogens is 380 g/mol. The maximum absolute atomic E-state index is 12.8. The molecular formula is C19H30N4O4S. The second-order valence-electron chi connectivity index (χ2n) is 8.46. The number of hydrogen-bond donors (Lipinski definition) is 0. The number of likely N-dealkylation sites (tertiary alicyclic amines) is 1. The minimum Gasteiger partial charge on any atom is -0.375 e. The highest BCUT2D eigenvalue weighted by atomic mass is 32.2. The molecule has 3 fully saturated rings. The fourth-order valence-corrected chi connectivity index (χ4v) is 6.19. The Bertz CT molecular complexity index is 808. The lowest BCUT2D eigenvalue weighted by Crippen LogP contribution is -2.51. The van der Waals surface area contributed by atoms with E-state index in [1.54, 1.807) is 11.6 Å². The number of nitrogens with zero attached hydrogens (tertiary/aromatic N) is 4. The van der Waals surface area contributed by atoms with Gasteiger partial charge in [0.05, 0.1) is 11.9 Å². The van der Waals surface area contributed by atoms with Crippen LogP contribution in [0.5, 0.6) is 0 Å². The van der Waals surface area contributed by atoms with E-state index in [0.29, 0.717) is 44.9 Å². The Kier molecular flexibility index (Phi) is 5.50. The third kappa shape index (κ3) is 3.97. The van der Waals surface area contributed by atoms with Crippen molar-refractivity contribution in [2.45, 2.75) is 55.6 Å². The lowest BCUT2D eigenvalue weighted by atomic mass is 9.78. The summed E-state index contributed by atoms with van der Waals surface area (Å²) in [6.45, 7) is 3.32. The molecule has 0 saturated carbocycles. The van der Waals surface area contributed by atoms with Crippen LogP contribution in [0.25, 0.3) is 0 Å².